The number of amides is 1. The zero-order valence-corrected chi connectivity index (χ0v) is 16.0. The minimum absolute atomic E-state index is 0.0659. The van der Waals surface area contributed by atoms with Crippen molar-refractivity contribution in [3.05, 3.63) is 23.8 Å². The quantitative estimate of drug-likeness (QED) is 0.695. The van der Waals surface area contributed by atoms with E-state index >= 15 is 0 Å². The van der Waals surface area contributed by atoms with Crippen LogP contribution in [0.1, 0.15) is 37.8 Å². The van der Waals surface area contributed by atoms with Crippen molar-refractivity contribution in [3.63, 3.8) is 0 Å². The molecule has 1 amide bonds. The number of hydrogen-bond donors (Lipinski definition) is 2. The summed E-state index contributed by atoms with van der Waals surface area (Å²) in [4.78, 5) is 12.7. The summed E-state index contributed by atoms with van der Waals surface area (Å²) in [7, 11) is 3.26. The van der Waals surface area contributed by atoms with Gasteiger partial charge in [0, 0.05) is 13.0 Å². The van der Waals surface area contributed by atoms with Gasteiger partial charge < -0.3 is 24.8 Å². The van der Waals surface area contributed by atoms with Crippen LogP contribution in [-0.4, -0.2) is 46.4 Å². The summed E-state index contributed by atoms with van der Waals surface area (Å²) in [5.41, 5.74) is 1.26. The van der Waals surface area contributed by atoms with Crippen LogP contribution in [0.15, 0.2) is 18.2 Å². The maximum absolute atomic E-state index is 12.7. The van der Waals surface area contributed by atoms with Gasteiger partial charge in [-0.2, -0.15) is 0 Å². The SMILES string of the molecule is COCCOc1ccc(C(C)NC(=O)C2CC23CCNCC3)cc1OC. The molecule has 2 unspecified atom stereocenters. The van der Waals surface area contributed by atoms with Crippen LogP contribution in [0.5, 0.6) is 11.5 Å². The summed E-state index contributed by atoms with van der Waals surface area (Å²) in [5.74, 6) is 1.70. The highest BCUT2D eigenvalue weighted by molar-refractivity contribution is 5.83. The van der Waals surface area contributed by atoms with Crippen molar-refractivity contribution >= 4 is 5.91 Å². The van der Waals surface area contributed by atoms with Gasteiger partial charge in [0.25, 0.3) is 0 Å². The van der Waals surface area contributed by atoms with Crippen molar-refractivity contribution in [1.82, 2.24) is 10.6 Å². The van der Waals surface area contributed by atoms with Gasteiger partial charge in [-0.1, -0.05) is 6.07 Å². The van der Waals surface area contributed by atoms with Crippen molar-refractivity contribution in [2.75, 3.05) is 40.5 Å². The first kappa shape index (κ1) is 19.0. The van der Waals surface area contributed by atoms with Gasteiger partial charge >= 0.3 is 0 Å². The number of ether oxygens (including phenoxy) is 3. The number of nitrogens with one attached hydrogen (secondary N) is 2. The van der Waals surface area contributed by atoms with Crippen molar-refractivity contribution < 1.29 is 19.0 Å². The maximum Gasteiger partial charge on any atom is 0.224 e. The largest absolute Gasteiger partial charge is 0.493 e. The average Bonchev–Trinajstić information content (AvgIpc) is 3.35. The van der Waals surface area contributed by atoms with E-state index < -0.39 is 0 Å². The lowest BCUT2D eigenvalue weighted by Gasteiger charge is -2.24. The minimum Gasteiger partial charge on any atom is -0.493 e. The van der Waals surface area contributed by atoms with Gasteiger partial charge in [-0.15, -0.1) is 0 Å². The van der Waals surface area contributed by atoms with Crippen molar-refractivity contribution in [2.24, 2.45) is 11.3 Å². The Hall–Kier alpha value is -1.79. The second-order valence-corrected chi connectivity index (χ2v) is 7.35. The third kappa shape index (κ3) is 4.13. The van der Waals surface area contributed by atoms with E-state index in [9.17, 15) is 4.79 Å². The second-order valence-electron chi connectivity index (χ2n) is 7.35. The van der Waals surface area contributed by atoms with Gasteiger partial charge in [-0.3, -0.25) is 4.79 Å². The van der Waals surface area contributed by atoms with E-state index in [2.05, 4.69) is 10.6 Å². The lowest BCUT2D eigenvalue weighted by molar-refractivity contribution is -0.123. The van der Waals surface area contributed by atoms with Crippen LogP contribution in [0.2, 0.25) is 0 Å². The Labute approximate surface area is 155 Å². The molecule has 144 valence electrons. The molecule has 1 saturated carbocycles. The van der Waals surface area contributed by atoms with Crippen LogP contribution in [-0.2, 0) is 9.53 Å². The molecule has 0 aromatic heterocycles. The zero-order chi connectivity index (χ0) is 18.6. The van der Waals surface area contributed by atoms with Gasteiger partial charge in [0.2, 0.25) is 5.91 Å². The molecule has 6 nitrogen and oxygen atoms in total. The first-order valence-corrected chi connectivity index (χ1v) is 9.40. The van der Waals surface area contributed by atoms with Gasteiger partial charge in [0.1, 0.15) is 6.61 Å². The molecule has 2 fully saturated rings. The van der Waals surface area contributed by atoms with Gasteiger partial charge in [-0.05, 0) is 62.4 Å². The molecule has 3 rings (SSSR count). The molecule has 2 atom stereocenters. The second kappa shape index (κ2) is 8.27. The maximum atomic E-state index is 12.7. The molecular formula is C20H30N2O4. The molecule has 0 radical (unpaired) electrons. The van der Waals surface area contributed by atoms with E-state index in [1.807, 2.05) is 25.1 Å². The van der Waals surface area contributed by atoms with Crippen LogP contribution >= 0.6 is 0 Å². The highest BCUT2D eigenvalue weighted by Gasteiger charge is 2.57. The fraction of sp³-hybridized carbons (Fsp3) is 0.650. The number of piperidine rings is 1. The number of methoxy groups -OCH3 is 2. The standard InChI is InChI=1S/C20H30N2O4/c1-14(22-19(23)16-13-20(16)6-8-21-9-7-20)15-4-5-17(18(12-15)25-3)26-11-10-24-2/h4-5,12,14,16,21H,6-11,13H2,1-3H3,(H,22,23). The van der Waals surface area contributed by atoms with Crippen LogP contribution in [0.25, 0.3) is 0 Å². The highest BCUT2D eigenvalue weighted by Crippen LogP contribution is 2.58. The number of benzene rings is 1. The lowest BCUT2D eigenvalue weighted by atomic mass is 9.91. The smallest absolute Gasteiger partial charge is 0.224 e. The molecule has 0 bridgehead atoms. The third-order valence-electron chi connectivity index (χ3n) is 5.70. The summed E-state index contributed by atoms with van der Waals surface area (Å²) in [5, 5.41) is 6.55. The predicted molar refractivity (Wildman–Crippen MR) is 99.6 cm³/mol. The molecule has 2 aliphatic rings. The highest BCUT2D eigenvalue weighted by atomic mass is 16.5. The number of carbonyl (C=O) groups excluding carboxylic acids is 1. The van der Waals surface area contributed by atoms with E-state index in [0.29, 0.717) is 24.7 Å². The van der Waals surface area contributed by atoms with E-state index in [1.165, 1.54) is 0 Å². The van der Waals surface area contributed by atoms with Crippen LogP contribution < -0.4 is 20.1 Å². The van der Waals surface area contributed by atoms with E-state index in [1.54, 1.807) is 14.2 Å². The lowest BCUT2D eigenvalue weighted by Crippen LogP contribution is -2.34. The van der Waals surface area contributed by atoms with Crippen LogP contribution in [0, 0.1) is 11.3 Å². The Morgan fingerprint density at radius 2 is 2.04 bits per heavy atom. The number of rotatable bonds is 8. The Balaban J connectivity index is 1.59. The molecule has 1 aromatic rings. The predicted octanol–water partition coefficient (Wildman–Crippen LogP) is 2.29. The molecule has 1 aliphatic heterocycles. The zero-order valence-electron chi connectivity index (χ0n) is 16.0. The molecule has 26 heavy (non-hydrogen) atoms. The Kier molecular flexibility index (Phi) is 6.04. The summed E-state index contributed by atoms with van der Waals surface area (Å²) in [6, 6.07) is 5.73. The first-order valence-electron chi connectivity index (χ1n) is 9.40. The fourth-order valence-electron chi connectivity index (χ4n) is 3.90. The normalized spacial score (nSPS) is 21.9. The first-order chi connectivity index (χ1) is 12.6. The molecule has 1 saturated heterocycles. The minimum atomic E-state index is -0.0659. The number of hydrogen-bond acceptors (Lipinski definition) is 5. The third-order valence-corrected chi connectivity index (χ3v) is 5.70. The van der Waals surface area contributed by atoms with Crippen molar-refractivity contribution in [1.29, 1.82) is 0 Å². The molecular weight excluding hydrogens is 332 g/mol. The van der Waals surface area contributed by atoms with E-state index in [0.717, 1.165) is 37.9 Å². The topological polar surface area (TPSA) is 68.8 Å². The summed E-state index contributed by atoms with van der Waals surface area (Å²) < 4.78 is 16.1. The molecule has 1 heterocycles. The molecule has 1 spiro atoms. The van der Waals surface area contributed by atoms with Gasteiger partial charge in [0.15, 0.2) is 11.5 Å². The molecule has 1 aliphatic carbocycles. The Morgan fingerprint density at radius 1 is 1.27 bits per heavy atom. The van der Waals surface area contributed by atoms with E-state index in [-0.39, 0.29) is 23.3 Å². The average molecular weight is 362 g/mol. The van der Waals surface area contributed by atoms with Gasteiger partial charge in [-0.25, -0.2) is 0 Å². The summed E-state index contributed by atoms with van der Waals surface area (Å²) in [6.45, 7) is 5.06. The monoisotopic (exact) mass is 362 g/mol. The Bertz CT molecular complexity index is 628. The van der Waals surface area contributed by atoms with Crippen LogP contribution in [0.4, 0.5) is 0 Å². The van der Waals surface area contributed by atoms with Crippen molar-refractivity contribution in [2.45, 2.75) is 32.2 Å². The van der Waals surface area contributed by atoms with E-state index in [4.69, 9.17) is 14.2 Å². The molecule has 1 aromatic carbocycles. The number of carbonyl (C=O) groups is 1. The van der Waals surface area contributed by atoms with Crippen LogP contribution in [0.3, 0.4) is 0 Å². The molecule has 2 N–H and O–H groups in total. The fourth-order valence-corrected chi connectivity index (χ4v) is 3.90. The van der Waals surface area contributed by atoms with Gasteiger partial charge in [0.05, 0.1) is 19.8 Å². The van der Waals surface area contributed by atoms with Crippen molar-refractivity contribution in [3.8, 4) is 11.5 Å². The summed E-state index contributed by atoms with van der Waals surface area (Å²) >= 11 is 0. The molecule has 6 heteroatoms. The summed E-state index contributed by atoms with van der Waals surface area (Å²) in [6.07, 6.45) is 3.25. The Morgan fingerprint density at radius 3 is 2.73 bits per heavy atom.